The fourth-order valence-corrected chi connectivity index (χ4v) is 4.87. The Labute approximate surface area is 190 Å². The van der Waals surface area contributed by atoms with Crippen LogP contribution in [-0.4, -0.2) is 42.4 Å². The highest BCUT2D eigenvalue weighted by atomic mass is 32.2. The first-order valence-electron chi connectivity index (χ1n) is 10.6. The zero-order valence-electron chi connectivity index (χ0n) is 17.7. The highest BCUT2D eigenvalue weighted by Gasteiger charge is 2.27. The van der Waals surface area contributed by atoms with Gasteiger partial charge in [-0.25, -0.2) is 0 Å². The molecule has 0 aliphatic carbocycles. The van der Waals surface area contributed by atoms with Gasteiger partial charge in [0, 0.05) is 31.0 Å². The number of thioether (sulfide) groups is 1. The van der Waals surface area contributed by atoms with Crippen molar-refractivity contribution in [1.82, 2.24) is 24.6 Å². The molecule has 32 heavy (non-hydrogen) atoms. The standard InChI is InChI=1S/C24H23N5O2S/c1-17(23(30)28-12-10-18-6-2-3-7-20(18)15-28)32-24-27-26-22(19-8-4-11-25-14-19)29(24)16-21-9-5-13-31-21/h2-9,11,13-14,17H,10,12,15-16H2,1H3/t17-/m0/s1. The van der Waals surface area contributed by atoms with Crippen LogP contribution in [0.25, 0.3) is 11.4 Å². The van der Waals surface area contributed by atoms with E-state index in [9.17, 15) is 4.79 Å². The number of carbonyl (C=O) groups is 1. The highest BCUT2D eigenvalue weighted by Crippen LogP contribution is 2.29. The van der Waals surface area contributed by atoms with E-state index >= 15 is 0 Å². The topological polar surface area (TPSA) is 77.0 Å². The van der Waals surface area contributed by atoms with Gasteiger partial charge >= 0.3 is 0 Å². The van der Waals surface area contributed by atoms with E-state index in [1.165, 1.54) is 22.9 Å². The van der Waals surface area contributed by atoms with E-state index < -0.39 is 0 Å². The Morgan fingerprint density at radius 3 is 2.78 bits per heavy atom. The van der Waals surface area contributed by atoms with Crippen molar-refractivity contribution in [3.05, 3.63) is 84.1 Å². The number of nitrogens with zero attached hydrogens (tertiary/aromatic N) is 5. The zero-order chi connectivity index (χ0) is 21.9. The van der Waals surface area contributed by atoms with Crippen molar-refractivity contribution < 1.29 is 9.21 Å². The van der Waals surface area contributed by atoms with Gasteiger partial charge in [-0.1, -0.05) is 36.0 Å². The molecular weight excluding hydrogens is 422 g/mol. The molecule has 4 aromatic rings. The summed E-state index contributed by atoms with van der Waals surface area (Å²) in [5.41, 5.74) is 3.42. The maximum absolute atomic E-state index is 13.2. The number of carbonyl (C=O) groups excluding carboxylic acids is 1. The SMILES string of the molecule is C[C@H](Sc1nnc(-c2cccnc2)n1Cc1ccco1)C(=O)N1CCc2ccccc2C1. The summed E-state index contributed by atoms with van der Waals surface area (Å²) in [7, 11) is 0. The van der Waals surface area contributed by atoms with E-state index in [0.717, 1.165) is 24.3 Å². The van der Waals surface area contributed by atoms with Crippen LogP contribution in [0.15, 0.2) is 76.8 Å². The van der Waals surface area contributed by atoms with Gasteiger partial charge in [-0.2, -0.15) is 0 Å². The normalized spacial score (nSPS) is 14.2. The van der Waals surface area contributed by atoms with Crippen molar-refractivity contribution in [2.45, 2.75) is 36.8 Å². The van der Waals surface area contributed by atoms with Crippen LogP contribution >= 0.6 is 11.8 Å². The molecule has 0 unspecified atom stereocenters. The molecular formula is C24H23N5O2S. The Morgan fingerprint density at radius 2 is 2.00 bits per heavy atom. The van der Waals surface area contributed by atoms with Crippen molar-refractivity contribution in [2.24, 2.45) is 0 Å². The molecule has 1 aromatic carbocycles. The number of rotatable bonds is 6. The van der Waals surface area contributed by atoms with E-state index in [1.54, 1.807) is 18.7 Å². The maximum atomic E-state index is 13.2. The second-order valence-electron chi connectivity index (χ2n) is 7.75. The molecule has 7 nitrogen and oxygen atoms in total. The molecule has 5 rings (SSSR count). The fraction of sp³-hybridized carbons (Fsp3) is 0.250. The lowest BCUT2D eigenvalue weighted by Gasteiger charge is -2.30. The number of hydrogen-bond acceptors (Lipinski definition) is 6. The average Bonchev–Trinajstić information content (AvgIpc) is 3.49. The Morgan fingerprint density at radius 1 is 1.12 bits per heavy atom. The van der Waals surface area contributed by atoms with Crippen molar-refractivity contribution in [2.75, 3.05) is 6.54 Å². The van der Waals surface area contributed by atoms with Crippen LogP contribution in [-0.2, 0) is 24.3 Å². The molecule has 1 aliphatic heterocycles. The Hall–Kier alpha value is -3.39. The molecule has 1 aliphatic rings. The lowest BCUT2D eigenvalue weighted by molar-refractivity contribution is -0.131. The summed E-state index contributed by atoms with van der Waals surface area (Å²) >= 11 is 1.43. The monoisotopic (exact) mass is 445 g/mol. The van der Waals surface area contributed by atoms with Crippen LogP contribution in [0.5, 0.6) is 0 Å². The molecule has 3 aromatic heterocycles. The Bertz CT molecular complexity index is 1210. The van der Waals surface area contributed by atoms with Gasteiger partial charge < -0.3 is 9.32 Å². The van der Waals surface area contributed by atoms with Crippen LogP contribution in [0.1, 0.15) is 23.8 Å². The van der Waals surface area contributed by atoms with Gasteiger partial charge in [-0.05, 0) is 48.7 Å². The quantitative estimate of drug-likeness (QED) is 0.417. The predicted octanol–water partition coefficient (Wildman–Crippen LogP) is 4.05. The van der Waals surface area contributed by atoms with Crippen molar-refractivity contribution in [3.8, 4) is 11.4 Å². The third-order valence-electron chi connectivity index (χ3n) is 5.60. The van der Waals surface area contributed by atoms with Crippen LogP contribution in [0.2, 0.25) is 0 Å². The van der Waals surface area contributed by atoms with E-state index in [4.69, 9.17) is 4.42 Å². The predicted molar refractivity (Wildman–Crippen MR) is 122 cm³/mol. The van der Waals surface area contributed by atoms with Crippen LogP contribution in [0, 0.1) is 0 Å². The van der Waals surface area contributed by atoms with Gasteiger partial charge in [0.05, 0.1) is 18.1 Å². The number of furan rings is 1. The number of benzene rings is 1. The van der Waals surface area contributed by atoms with E-state index in [-0.39, 0.29) is 11.2 Å². The summed E-state index contributed by atoms with van der Waals surface area (Å²) in [5.74, 6) is 1.60. The number of amides is 1. The van der Waals surface area contributed by atoms with Crippen LogP contribution < -0.4 is 0 Å². The molecule has 0 saturated carbocycles. The average molecular weight is 446 g/mol. The van der Waals surface area contributed by atoms with Gasteiger partial charge in [0.15, 0.2) is 11.0 Å². The number of fused-ring (bicyclic) bond motifs is 1. The summed E-state index contributed by atoms with van der Waals surface area (Å²) in [5, 5.41) is 9.21. The van der Waals surface area contributed by atoms with Gasteiger partial charge in [0.2, 0.25) is 5.91 Å². The smallest absolute Gasteiger partial charge is 0.236 e. The second kappa shape index (κ2) is 9.00. The molecule has 0 N–H and O–H groups in total. The van der Waals surface area contributed by atoms with E-state index in [0.29, 0.717) is 24.1 Å². The first-order valence-corrected chi connectivity index (χ1v) is 11.4. The third kappa shape index (κ3) is 4.18. The maximum Gasteiger partial charge on any atom is 0.236 e. The van der Waals surface area contributed by atoms with E-state index in [2.05, 4.69) is 33.4 Å². The van der Waals surface area contributed by atoms with Crippen molar-refractivity contribution in [3.63, 3.8) is 0 Å². The molecule has 0 fully saturated rings. The summed E-state index contributed by atoms with van der Waals surface area (Å²) < 4.78 is 7.54. The Balaban J connectivity index is 1.37. The summed E-state index contributed by atoms with van der Waals surface area (Å²) in [4.78, 5) is 19.4. The summed E-state index contributed by atoms with van der Waals surface area (Å²) in [6.45, 7) is 3.80. The molecule has 1 amide bonds. The van der Waals surface area contributed by atoms with Gasteiger partial charge in [-0.3, -0.25) is 14.3 Å². The van der Waals surface area contributed by atoms with Gasteiger partial charge in [0.1, 0.15) is 5.76 Å². The highest BCUT2D eigenvalue weighted by molar-refractivity contribution is 8.00. The molecule has 0 bridgehead atoms. The molecule has 0 spiro atoms. The van der Waals surface area contributed by atoms with Crippen molar-refractivity contribution in [1.29, 1.82) is 0 Å². The molecule has 8 heteroatoms. The minimum absolute atomic E-state index is 0.111. The second-order valence-corrected chi connectivity index (χ2v) is 9.06. The molecule has 4 heterocycles. The minimum Gasteiger partial charge on any atom is -0.467 e. The largest absolute Gasteiger partial charge is 0.467 e. The van der Waals surface area contributed by atoms with E-state index in [1.807, 2.05) is 46.7 Å². The fourth-order valence-electron chi connectivity index (χ4n) is 3.93. The molecule has 1 atom stereocenters. The number of pyridine rings is 1. The van der Waals surface area contributed by atoms with Gasteiger partial charge in [-0.15, -0.1) is 10.2 Å². The Kier molecular flexibility index (Phi) is 5.77. The lowest BCUT2D eigenvalue weighted by Crippen LogP contribution is -2.40. The summed E-state index contributed by atoms with van der Waals surface area (Å²) in [6, 6.07) is 15.9. The zero-order valence-corrected chi connectivity index (χ0v) is 18.5. The molecule has 162 valence electrons. The molecule has 0 radical (unpaired) electrons. The van der Waals surface area contributed by atoms with Crippen molar-refractivity contribution >= 4 is 17.7 Å². The minimum atomic E-state index is -0.290. The first-order chi connectivity index (χ1) is 15.7. The first kappa shape index (κ1) is 20.5. The number of hydrogen-bond donors (Lipinski definition) is 0. The van der Waals surface area contributed by atoms with Gasteiger partial charge in [0.25, 0.3) is 0 Å². The van der Waals surface area contributed by atoms with Crippen LogP contribution in [0.3, 0.4) is 0 Å². The lowest BCUT2D eigenvalue weighted by atomic mass is 10.00. The summed E-state index contributed by atoms with van der Waals surface area (Å²) in [6.07, 6.45) is 6.02. The number of aromatic nitrogens is 4. The molecule has 0 saturated heterocycles. The third-order valence-corrected chi connectivity index (χ3v) is 6.67. The van der Waals surface area contributed by atoms with Crippen LogP contribution in [0.4, 0.5) is 0 Å².